The van der Waals surface area contributed by atoms with Gasteiger partial charge in [0.05, 0.1) is 0 Å². The predicted octanol–water partition coefficient (Wildman–Crippen LogP) is 0.615. The quantitative estimate of drug-likeness (QED) is 0.667. The first-order chi connectivity index (χ1) is 5.81. The molecule has 0 spiro atoms. The molecule has 1 fully saturated rings. The second-order valence-corrected chi connectivity index (χ2v) is 3.27. The normalized spacial score (nSPS) is 30.4. The summed E-state index contributed by atoms with van der Waals surface area (Å²) >= 11 is 0. The minimum atomic E-state index is -0.314. The van der Waals surface area contributed by atoms with Gasteiger partial charge in [0.25, 0.3) is 0 Å². The van der Waals surface area contributed by atoms with Gasteiger partial charge in [0.1, 0.15) is 5.60 Å². The zero-order valence-electron chi connectivity index (χ0n) is 7.08. The third-order valence-corrected chi connectivity index (χ3v) is 2.29. The Bertz CT molecular complexity index is 240. The van der Waals surface area contributed by atoms with E-state index in [9.17, 15) is 0 Å². The average molecular weight is 168 g/mol. The van der Waals surface area contributed by atoms with Crippen LogP contribution in [0.3, 0.4) is 0 Å². The van der Waals surface area contributed by atoms with Crippen LogP contribution in [0, 0.1) is 0 Å². The Morgan fingerprint density at radius 3 is 3.00 bits per heavy atom. The lowest BCUT2D eigenvalue weighted by atomic mass is 9.95. The molecule has 66 valence electrons. The molecule has 0 radical (unpaired) electrons. The van der Waals surface area contributed by atoms with Crippen LogP contribution in [0.15, 0.2) is 0 Å². The number of nitrogens with one attached hydrogen (secondary N) is 1. The number of aromatic nitrogens is 4. The predicted molar refractivity (Wildman–Crippen MR) is 41.3 cm³/mol. The van der Waals surface area contributed by atoms with Crippen molar-refractivity contribution < 1.29 is 4.74 Å². The Morgan fingerprint density at radius 1 is 1.50 bits per heavy atom. The van der Waals surface area contributed by atoms with Crippen LogP contribution in [0.25, 0.3) is 0 Å². The van der Waals surface area contributed by atoms with Crippen molar-refractivity contribution in [1.29, 1.82) is 0 Å². The Balaban J connectivity index is 2.19. The van der Waals surface area contributed by atoms with E-state index in [1.165, 1.54) is 6.42 Å². The summed E-state index contributed by atoms with van der Waals surface area (Å²) in [6.07, 6.45) is 3.28. The molecule has 1 aliphatic rings. The molecule has 0 amide bonds. The fourth-order valence-electron chi connectivity index (χ4n) is 1.50. The summed E-state index contributed by atoms with van der Waals surface area (Å²) in [6, 6.07) is 0. The van der Waals surface area contributed by atoms with Crippen LogP contribution in [-0.2, 0) is 10.3 Å². The van der Waals surface area contributed by atoms with Crippen molar-refractivity contribution in [2.45, 2.75) is 31.8 Å². The zero-order valence-corrected chi connectivity index (χ0v) is 7.08. The molecule has 2 heterocycles. The number of aromatic amines is 1. The second kappa shape index (κ2) is 2.82. The molecular formula is C7H12N4O. The highest BCUT2D eigenvalue weighted by molar-refractivity contribution is 4.96. The molecule has 1 N–H and O–H groups in total. The Kier molecular flexibility index (Phi) is 1.80. The number of nitrogens with zero attached hydrogens (tertiary/aromatic N) is 3. The Hall–Kier alpha value is -0.970. The van der Waals surface area contributed by atoms with Gasteiger partial charge in [-0.1, -0.05) is 5.21 Å². The Labute approximate surface area is 70.5 Å². The van der Waals surface area contributed by atoms with E-state index in [-0.39, 0.29) is 5.60 Å². The summed E-state index contributed by atoms with van der Waals surface area (Å²) in [5, 5.41) is 13.8. The van der Waals surface area contributed by atoms with E-state index >= 15 is 0 Å². The van der Waals surface area contributed by atoms with E-state index in [1.807, 2.05) is 6.92 Å². The van der Waals surface area contributed by atoms with Crippen LogP contribution in [0.1, 0.15) is 32.0 Å². The van der Waals surface area contributed by atoms with Crippen molar-refractivity contribution in [2.75, 3.05) is 6.61 Å². The number of rotatable bonds is 1. The van der Waals surface area contributed by atoms with Crippen molar-refractivity contribution in [1.82, 2.24) is 20.6 Å². The fourth-order valence-corrected chi connectivity index (χ4v) is 1.50. The first-order valence-electron chi connectivity index (χ1n) is 4.19. The number of hydrogen-bond donors (Lipinski definition) is 1. The third kappa shape index (κ3) is 1.20. The van der Waals surface area contributed by atoms with Crippen LogP contribution in [0.5, 0.6) is 0 Å². The van der Waals surface area contributed by atoms with Gasteiger partial charge in [0.15, 0.2) is 0 Å². The maximum Gasteiger partial charge on any atom is 0.205 e. The number of tetrazole rings is 1. The SMILES string of the molecule is CC1(c2nn[nH]n2)CCCCO1. The van der Waals surface area contributed by atoms with E-state index in [0.29, 0.717) is 5.82 Å². The van der Waals surface area contributed by atoms with Gasteiger partial charge in [0, 0.05) is 6.61 Å². The van der Waals surface area contributed by atoms with Crippen LogP contribution < -0.4 is 0 Å². The zero-order chi connectivity index (χ0) is 8.44. The van der Waals surface area contributed by atoms with Crippen LogP contribution in [0.2, 0.25) is 0 Å². The summed E-state index contributed by atoms with van der Waals surface area (Å²) in [6.45, 7) is 2.81. The summed E-state index contributed by atoms with van der Waals surface area (Å²) in [5.74, 6) is 0.669. The van der Waals surface area contributed by atoms with Crippen molar-refractivity contribution in [3.05, 3.63) is 5.82 Å². The molecule has 5 nitrogen and oxygen atoms in total. The lowest BCUT2D eigenvalue weighted by Crippen LogP contribution is -2.31. The molecule has 0 bridgehead atoms. The smallest absolute Gasteiger partial charge is 0.205 e. The van der Waals surface area contributed by atoms with Crippen LogP contribution in [0.4, 0.5) is 0 Å². The molecule has 2 rings (SSSR count). The first-order valence-corrected chi connectivity index (χ1v) is 4.19. The van der Waals surface area contributed by atoms with E-state index in [4.69, 9.17) is 4.74 Å². The van der Waals surface area contributed by atoms with Gasteiger partial charge in [-0.05, 0) is 26.2 Å². The maximum absolute atomic E-state index is 5.62. The largest absolute Gasteiger partial charge is 0.367 e. The molecule has 0 aliphatic carbocycles. The third-order valence-electron chi connectivity index (χ3n) is 2.29. The molecular weight excluding hydrogens is 156 g/mol. The van der Waals surface area contributed by atoms with Gasteiger partial charge in [0.2, 0.25) is 5.82 Å². The fraction of sp³-hybridized carbons (Fsp3) is 0.857. The van der Waals surface area contributed by atoms with E-state index in [0.717, 1.165) is 19.4 Å². The van der Waals surface area contributed by atoms with Gasteiger partial charge in [-0.2, -0.15) is 5.21 Å². The molecule has 5 heteroatoms. The monoisotopic (exact) mass is 168 g/mol. The van der Waals surface area contributed by atoms with E-state index in [2.05, 4.69) is 20.6 Å². The topological polar surface area (TPSA) is 63.7 Å². The van der Waals surface area contributed by atoms with Crippen molar-refractivity contribution >= 4 is 0 Å². The van der Waals surface area contributed by atoms with E-state index in [1.54, 1.807) is 0 Å². The van der Waals surface area contributed by atoms with Gasteiger partial charge in [-0.15, -0.1) is 10.2 Å². The maximum atomic E-state index is 5.62. The molecule has 1 aromatic rings. The molecule has 1 aliphatic heterocycles. The summed E-state index contributed by atoms with van der Waals surface area (Å²) < 4.78 is 5.62. The summed E-state index contributed by atoms with van der Waals surface area (Å²) in [7, 11) is 0. The second-order valence-electron chi connectivity index (χ2n) is 3.27. The first kappa shape index (κ1) is 7.67. The Morgan fingerprint density at radius 2 is 2.42 bits per heavy atom. The number of H-pyrrole nitrogens is 1. The number of ether oxygens (including phenoxy) is 1. The lowest BCUT2D eigenvalue weighted by Gasteiger charge is -2.30. The highest BCUT2D eigenvalue weighted by Gasteiger charge is 2.33. The minimum Gasteiger partial charge on any atom is -0.367 e. The van der Waals surface area contributed by atoms with Gasteiger partial charge < -0.3 is 4.74 Å². The lowest BCUT2D eigenvalue weighted by molar-refractivity contribution is -0.0760. The highest BCUT2D eigenvalue weighted by Crippen LogP contribution is 2.31. The molecule has 1 saturated heterocycles. The minimum absolute atomic E-state index is 0.314. The summed E-state index contributed by atoms with van der Waals surface area (Å²) in [5.41, 5.74) is -0.314. The van der Waals surface area contributed by atoms with Gasteiger partial charge in [-0.3, -0.25) is 0 Å². The molecule has 1 aromatic heterocycles. The molecule has 1 atom stereocenters. The van der Waals surface area contributed by atoms with Gasteiger partial charge >= 0.3 is 0 Å². The summed E-state index contributed by atoms with van der Waals surface area (Å²) in [4.78, 5) is 0. The molecule has 12 heavy (non-hydrogen) atoms. The standard InChI is InChI=1S/C7H12N4O/c1-7(4-2-3-5-12-7)6-8-10-11-9-6/h2-5H2,1H3,(H,8,9,10,11). The van der Waals surface area contributed by atoms with Gasteiger partial charge in [-0.25, -0.2) is 0 Å². The molecule has 0 aromatic carbocycles. The van der Waals surface area contributed by atoms with Crippen LogP contribution >= 0.6 is 0 Å². The molecule has 0 saturated carbocycles. The number of hydrogen-bond acceptors (Lipinski definition) is 4. The highest BCUT2D eigenvalue weighted by atomic mass is 16.5. The van der Waals surface area contributed by atoms with Crippen molar-refractivity contribution in [3.63, 3.8) is 0 Å². The molecule has 1 unspecified atom stereocenters. The average Bonchev–Trinajstić information content (AvgIpc) is 2.58. The van der Waals surface area contributed by atoms with E-state index < -0.39 is 0 Å². The van der Waals surface area contributed by atoms with Crippen LogP contribution in [-0.4, -0.2) is 27.2 Å². The van der Waals surface area contributed by atoms with Crippen molar-refractivity contribution in [3.8, 4) is 0 Å². The van der Waals surface area contributed by atoms with Crippen molar-refractivity contribution in [2.24, 2.45) is 0 Å².